The van der Waals surface area contributed by atoms with Crippen LogP contribution in [0.1, 0.15) is 6.42 Å². The maximum atomic E-state index is 10.8. The molecule has 0 aliphatic rings. The van der Waals surface area contributed by atoms with Crippen molar-refractivity contribution >= 4 is 21.9 Å². The summed E-state index contributed by atoms with van der Waals surface area (Å²) in [5.74, 6) is -0.269. The molecule has 0 bridgehead atoms. The lowest BCUT2D eigenvalue weighted by molar-refractivity contribution is -0.141. The van der Waals surface area contributed by atoms with E-state index in [0.29, 0.717) is 52.9 Å². The number of hydrogen-bond acceptors (Lipinski definition) is 6. The van der Waals surface area contributed by atoms with Crippen LogP contribution in [-0.2, 0) is 28.5 Å². The molecular weight excluding hydrogens is 344 g/mol. The van der Waals surface area contributed by atoms with Crippen molar-refractivity contribution in [1.29, 1.82) is 0 Å². The highest BCUT2D eigenvalue weighted by molar-refractivity contribution is 9.09. The molecule has 0 saturated heterocycles. The number of allylic oxidation sites excluding steroid dienone is 1. The largest absolute Gasteiger partial charge is 0.469 e. The zero-order valence-electron chi connectivity index (χ0n) is 12.6. The summed E-state index contributed by atoms with van der Waals surface area (Å²) in [6.45, 7) is 4.08. The summed E-state index contributed by atoms with van der Waals surface area (Å²) in [6, 6.07) is 0. The van der Waals surface area contributed by atoms with Gasteiger partial charge in [-0.3, -0.25) is 4.79 Å². The number of alkyl halides is 1. The maximum Gasteiger partial charge on any atom is 0.307 e. The maximum absolute atomic E-state index is 10.8. The first-order valence-electron chi connectivity index (χ1n) is 6.90. The van der Waals surface area contributed by atoms with Crippen LogP contribution in [0.15, 0.2) is 12.2 Å². The minimum absolute atomic E-state index is 0.268. The van der Waals surface area contributed by atoms with Crippen LogP contribution in [-0.4, -0.2) is 71.3 Å². The van der Waals surface area contributed by atoms with Gasteiger partial charge in [0.15, 0.2) is 0 Å². The monoisotopic (exact) mass is 368 g/mol. The summed E-state index contributed by atoms with van der Waals surface area (Å²) in [5, 5.41) is 0.844. The van der Waals surface area contributed by atoms with Crippen molar-refractivity contribution in [2.45, 2.75) is 6.42 Å². The fourth-order valence-corrected chi connectivity index (χ4v) is 1.46. The summed E-state index contributed by atoms with van der Waals surface area (Å²) >= 11 is 3.29. The van der Waals surface area contributed by atoms with Gasteiger partial charge in [-0.05, 0) is 0 Å². The molecule has 0 fully saturated rings. The van der Waals surface area contributed by atoms with Crippen LogP contribution in [0.4, 0.5) is 0 Å². The van der Waals surface area contributed by atoms with Crippen molar-refractivity contribution in [2.24, 2.45) is 0 Å². The van der Waals surface area contributed by atoms with Crippen LogP contribution in [0.3, 0.4) is 0 Å². The molecule has 0 heterocycles. The Balaban J connectivity index is 3.02. The number of methoxy groups -OCH3 is 1. The van der Waals surface area contributed by atoms with Gasteiger partial charge in [-0.1, -0.05) is 28.1 Å². The lowest BCUT2D eigenvalue weighted by Crippen LogP contribution is -2.13. The Labute approximate surface area is 134 Å². The number of carbonyl (C=O) groups is 1. The highest BCUT2D eigenvalue weighted by Crippen LogP contribution is 1.87. The van der Waals surface area contributed by atoms with Gasteiger partial charge in [-0.2, -0.15) is 0 Å². The first-order valence-corrected chi connectivity index (χ1v) is 8.02. The molecule has 0 aliphatic heterocycles. The Morgan fingerprint density at radius 2 is 1.38 bits per heavy atom. The number of rotatable bonds is 15. The molecule has 0 rings (SSSR count). The molecule has 6 nitrogen and oxygen atoms in total. The predicted molar refractivity (Wildman–Crippen MR) is 82.8 cm³/mol. The Morgan fingerprint density at radius 1 is 0.857 bits per heavy atom. The van der Waals surface area contributed by atoms with Crippen molar-refractivity contribution < 1.29 is 28.5 Å². The molecule has 0 amide bonds. The molecule has 0 N–H and O–H groups in total. The zero-order chi connectivity index (χ0) is 15.6. The van der Waals surface area contributed by atoms with E-state index in [2.05, 4.69) is 20.7 Å². The fraction of sp³-hybridized carbons (Fsp3) is 0.786. The van der Waals surface area contributed by atoms with E-state index >= 15 is 0 Å². The van der Waals surface area contributed by atoms with Crippen molar-refractivity contribution in [3.05, 3.63) is 12.2 Å². The van der Waals surface area contributed by atoms with E-state index in [1.54, 1.807) is 0 Å². The number of esters is 1. The minimum Gasteiger partial charge on any atom is -0.469 e. The molecule has 0 aromatic heterocycles. The van der Waals surface area contributed by atoms with E-state index < -0.39 is 0 Å². The molecule has 0 radical (unpaired) electrons. The molecule has 0 atom stereocenters. The highest BCUT2D eigenvalue weighted by Gasteiger charge is 1.98. The number of ether oxygens (including phenoxy) is 5. The molecule has 124 valence electrons. The summed E-state index contributed by atoms with van der Waals surface area (Å²) in [7, 11) is 1.36. The quantitative estimate of drug-likeness (QED) is 0.189. The van der Waals surface area contributed by atoms with E-state index in [1.165, 1.54) is 7.11 Å². The van der Waals surface area contributed by atoms with Crippen LogP contribution in [0, 0.1) is 0 Å². The summed E-state index contributed by atoms with van der Waals surface area (Å²) in [4.78, 5) is 10.8. The van der Waals surface area contributed by atoms with E-state index in [4.69, 9.17) is 18.9 Å². The van der Waals surface area contributed by atoms with E-state index in [1.807, 2.05) is 12.2 Å². The van der Waals surface area contributed by atoms with Gasteiger partial charge in [0.2, 0.25) is 0 Å². The molecule has 21 heavy (non-hydrogen) atoms. The summed E-state index contributed by atoms with van der Waals surface area (Å²) < 4.78 is 25.6. The highest BCUT2D eigenvalue weighted by atomic mass is 79.9. The number of carbonyl (C=O) groups excluding carboxylic acids is 1. The van der Waals surface area contributed by atoms with Crippen LogP contribution in [0.5, 0.6) is 0 Å². The Bertz CT molecular complexity index is 260. The minimum atomic E-state index is -0.269. The first kappa shape index (κ1) is 20.5. The van der Waals surface area contributed by atoms with E-state index in [0.717, 1.165) is 5.33 Å². The predicted octanol–water partition coefficient (Wildman–Crippen LogP) is 1.57. The van der Waals surface area contributed by atoms with Gasteiger partial charge in [-0.15, -0.1) is 0 Å². The standard InChI is InChI=1S/C14H25BrO6/c1-17-14(16)4-7-19-9-11-21-13-12-20-10-8-18-6-3-2-5-15/h2-3H,4-13H2,1H3/b3-2+. The van der Waals surface area contributed by atoms with Gasteiger partial charge in [-0.25, -0.2) is 0 Å². The number of halogens is 1. The van der Waals surface area contributed by atoms with E-state index in [-0.39, 0.29) is 12.4 Å². The lowest BCUT2D eigenvalue weighted by atomic mass is 10.5. The first-order chi connectivity index (χ1) is 10.3. The second-order valence-electron chi connectivity index (χ2n) is 3.86. The fourth-order valence-electron chi connectivity index (χ4n) is 1.20. The van der Waals surface area contributed by atoms with Gasteiger partial charge >= 0.3 is 5.97 Å². The van der Waals surface area contributed by atoms with Crippen LogP contribution in [0.25, 0.3) is 0 Å². The van der Waals surface area contributed by atoms with Crippen molar-refractivity contribution in [2.75, 3.05) is 65.3 Å². The Hall–Kier alpha value is -0.470. The van der Waals surface area contributed by atoms with Gasteiger partial charge in [0, 0.05) is 5.33 Å². The van der Waals surface area contributed by atoms with Gasteiger partial charge in [0.05, 0.1) is 66.4 Å². The second-order valence-corrected chi connectivity index (χ2v) is 4.51. The molecule has 0 aromatic rings. The third-order valence-electron chi connectivity index (χ3n) is 2.26. The summed E-state index contributed by atoms with van der Waals surface area (Å²) in [6.07, 6.45) is 4.21. The SMILES string of the molecule is COC(=O)CCOCCOCCOCCOC/C=C/CBr. The van der Waals surface area contributed by atoms with Gasteiger partial charge < -0.3 is 23.7 Å². The van der Waals surface area contributed by atoms with Crippen molar-refractivity contribution in [3.8, 4) is 0 Å². The summed E-state index contributed by atoms with van der Waals surface area (Å²) in [5.41, 5.74) is 0. The topological polar surface area (TPSA) is 63.2 Å². The molecule has 0 spiro atoms. The molecule has 0 aromatic carbocycles. The molecule has 0 unspecified atom stereocenters. The molecule has 7 heteroatoms. The van der Waals surface area contributed by atoms with Crippen LogP contribution >= 0.6 is 15.9 Å². The van der Waals surface area contributed by atoms with Crippen LogP contribution in [0.2, 0.25) is 0 Å². The normalized spacial score (nSPS) is 11.1. The van der Waals surface area contributed by atoms with Crippen LogP contribution < -0.4 is 0 Å². The zero-order valence-corrected chi connectivity index (χ0v) is 14.1. The molecule has 0 aliphatic carbocycles. The lowest BCUT2D eigenvalue weighted by Gasteiger charge is -2.06. The Kier molecular flexibility index (Phi) is 17.2. The Morgan fingerprint density at radius 3 is 1.90 bits per heavy atom. The molecule has 0 saturated carbocycles. The third-order valence-corrected chi connectivity index (χ3v) is 2.64. The van der Waals surface area contributed by atoms with Gasteiger partial charge in [0.25, 0.3) is 0 Å². The van der Waals surface area contributed by atoms with Gasteiger partial charge in [0.1, 0.15) is 0 Å². The van der Waals surface area contributed by atoms with Crippen molar-refractivity contribution in [3.63, 3.8) is 0 Å². The average molecular weight is 369 g/mol. The molecular formula is C14H25BrO6. The van der Waals surface area contributed by atoms with E-state index in [9.17, 15) is 4.79 Å². The smallest absolute Gasteiger partial charge is 0.307 e. The second kappa shape index (κ2) is 17.6. The van der Waals surface area contributed by atoms with Crippen molar-refractivity contribution in [1.82, 2.24) is 0 Å². The third kappa shape index (κ3) is 17.5. The average Bonchev–Trinajstić information content (AvgIpc) is 2.50. The number of hydrogen-bond donors (Lipinski definition) is 0.